The van der Waals surface area contributed by atoms with Gasteiger partial charge in [-0.15, -0.1) is 0 Å². The highest BCUT2D eigenvalue weighted by molar-refractivity contribution is 7.12. The van der Waals surface area contributed by atoms with Crippen molar-refractivity contribution in [1.29, 1.82) is 0 Å². The van der Waals surface area contributed by atoms with E-state index in [4.69, 9.17) is 5.73 Å². The van der Waals surface area contributed by atoms with Crippen LogP contribution in [0.4, 0.5) is 8.78 Å². The molecule has 3 heterocycles. The van der Waals surface area contributed by atoms with Gasteiger partial charge < -0.3 is 5.73 Å². The Balaban J connectivity index is 1.90. The van der Waals surface area contributed by atoms with E-state index < -0.39 is 22.6 Å². The van der Waals surface area contributed by atoms with Gasteiger partial charge in [0, 0.05) is 17.6 Å². The molecular weight excluding hydrogens is 398 g/mol. The Labute approximate surface area is 166 Å². The number of nitrogens with one attached hydrogen (secondary N) is 1. The molecule has 2 atom stereocenters. The molecule has 1 saturated carbocycles. The average molecular weight is 414 g/mol. The van der Waals surface area contributed by atoms with Gasteiger partial charge in [-0.3, -0.25) is 18.5 Å². The van der Waals surface area contributed by atoms with E-state index in [2.05, 4.69) is 9.36 Å². The van der Waals surface area contributed by atoms with Crippen LogP contribution in [0.1, 0.15) is 30.9 Å². The molecule has 0 saturated heterocycles. The summed E-state index contributed by atoms with van der Waals surface area (Å²) >= 11 is 0.989. The topological polar surface area (TPSA) is 93.8 Å². The third-order valence-corrected chi connectivity index (χ3v) is 6.36. The SMILES string of the molecule is NC1CCC(c2nc3c(cc2F)c(=O)c2c(=O)[nH]sc2n3-c2ccc(F)cc2)C1. The number of fused-ring (bicyclic) bond motifs is 2. The number of benzene rings is 1. The van der Waals surface area contributed by atoms with Gasteiger partial charge in [0.05, 0.1) is 11.1 Å². The zero-order chi connectivity index (χ0) is 20.3. The number of aromatic amines is 1. The molecule has 3 N–H and O–H groups in total. The van der Waals surface area contributed by atoms with E-state index in [0.29, 0.717) is 16.9 Å². The molecule has 6 nitrogen and oxygen atoms in total. The van der Waals surface area contributed by atoms with Gasteiger partial charge in [-0.25, -0.2) is 13.8 Å². The molecule has 1 aromatic carbocycles. The predicted molar refractivity (Wildman–Crippen MR) is 108 cm³/mol. The second-order valence-electron chi connectivity index (χ2n) is 7.35. The van der Waals surface area contributed by atoms with Crippen molar-refractivity contribution in [3.05, 3.63) is 68.2 Å². The smallest absolute Gasteiger partial charge is 0.271 e. The average Bonchev–Trinajstić information content (AvgIpc) is 3.29. The van der Waals surface area contributed by atoms with Gasteiger partial charge >= 0.3 is 0 Å². The number of pyridine rings is 2. The molecule has 4 aromatic rings. The van der Waals surface area contributed by atoms with Crippen molar-refractivity contribution in [2.45, 2.75) is 31.2 Å². The minimum absolute atomic E-state index is 0.00594. The molecule has 148 valence electrons. The quantitative estimate of drug-likeness (QED) is 0.527. The van der Waals surface area contributed by atoms with E-state index in [1.807, 2.05) is 0 Å². The lowest BCUT2D eigenvalue weighted by Crippen LogP contribution is -2.18. The van der Waals surface area contributed by atoms with Crippen LogP contribution in [0, 0.1) is 11.6 Å². The predicted octanol–water partition coefficient (Wildman–Crippen LogP) is 3.16. The van der Waals surface area contributed by atoms with Crippen LogP contribution in [0.2, 0.25) is 0 Å². The standard InChI is InChI=1S/C20H16F2N4O2S/c21-10-2-5-12(6-3-10)26-18-13(17(27)15-19(28)25-29-20(15)26)8-14(22)16(24-18)9-1-4-11(23)7-9/h2-3,5-6,8-9,11H,1,4,7,23H2,(H,25,28). The van der Waals surface area contributed by atoms with Crippen LogP contribution in [0.3, 0.4) is 0 Å². The summed E-state index contributed by atoms with van der Waals surface area (Å²) in [5.74, 6) is -1.13. The minimum Gasteiger partial charge on any atom is -0.328 e. The molecule has 1 aliphatic carbocycles. The van der Waals surface area contributed by atoms with Crippen molar-refractivity contribution in [1.82, 2.24) is 13.9 Å². The zero-order valence-corrected chi connectivity index (χ0v) is 15.9. The molecule has 9 heteroatoms. The molecule has 0 bridgehead atoms. The molecule has 1 aliphatic rings. The highest BCUT2D eigenvalue weighted by Gasteiger charge is 2.28. The maximum absolute atomic E-state index is 14.9. The van der Waals surface area contributed by atoms with Gasteiger partial charge in [0.1, 0.15) is 27.5 Å². The molecular formula is C20H16F2N4O2S. The number of H-pyrrole nitrogens is 1. The number of hydrogen-bond donors (Lipinski definition) is 2. The Morgan fingerprint density at radius 3 is 2.62 bits per heavy atom. The van der Waals surface area contributed by atoms with Crippen molar-refractivity contribution in [3.63, 3.8) is 0 Å². The molecule has 5 rings (SSSR count). The van der Waals surface area contributed by atoms with Crippen LogP contribution >= 0.6 is 11.5 Å². The lowest BCUT2D eigenvalue weighted by molar-refractivity contribution is 0.562. The fraction of sp³-hybridized carbons (Fsp3) is 0.250. The van der Waals surface area contributed by atoms with E-state index >= 15 is 0 Å². The fourth-order valence-electron chi connectivity index (χ4n) is 4.09. The molecule has 0 spiro atoms. The number of nitrogens with two attached hydrogens (primary N) is 1. The summed E-state index contributed by atoms with van der Waals surface area (Å²) in [6.07, 6.45) is 2.13. The Morgan fingerprint density at radius 2 is 1.93 bits per heavy atom. The van der Waals surface area contributed by atoms with Crippen molar-refractivity contribution in [3.8, 4) is 5.69 Å². The first-order chi connectivity index (χ1) is 13.9. The van der Waals surface area contributed by atoms with Crippen LogP contribution in [-0.2, 0) is 0 Å². The van der Waals surface area contributed by atoms with Gasteiger partial charge in [0.15, 0.2) is 0 Å². The molecule has 3 aromatic heterocycles. The van der Waals surface area contributed by atoms with E-state index in [1.54, 1.807) is 4.57 Å². The molecule has 0 amide bonds. The maximum atomic E-state index is 14.9. The summed E-state index contributed by atoms with van der Waals surface area (Å²) in [6.45, 7) is 0. The first-order valence-electron chi connectivity index (χ1n) is 9.22. The normalized spacial score (nSPS) is 19.4. The van der Waals surface area contributed by atoms with Crippen molar-refractivity contribution >= 4 is 32.8 Å². The lowest BCUT2D eigenvalue weighted by Gasteiger charge is -2.15. The summed E-state index contributed by atoms with van der Waals surface area (Å²) in [6, 6.07) is 6.76. The second-order valence-corrected chi connectivity index (χ2v) is 8.15. The zero-order valence-electron chi connectivity index (χ0n) is 15.1. The van der Waals surface area contributed by atoms with E-state index in [9.17, 15) is 18.4 Å². The number of halogens is 2. The van der Waals surface area contributed by atoms with Crippen LogP contribution < -0.4 is 16.7 Å². The number of aromatic nitrogens is 3. The summed E-state index contributed by atoms with van der Waals surface area (Å²) in [5, 5.41) is -0.0575. The highest BCUT2D eigenvalue weighted by atomic mass is 32.1. The number of hydrogen-bond acceptors (Lipinski definition) is 5. The molecule has 2 unspecified atom stereocenters. The van der Waals surface area contributed by atoms with Crippen LogP contribution in [0.25, 0.3) is 26.9 Å². The maximum Gasteiger partial charge on any atom is 0.271 e. The Bertz CT molecular complexity index is 1370. The van der Waals surface area contributed by atoms with Gasteiger partial charge in [-0.2, -0.15) is 0 Å². The Kier molecular flexibility index (Phi) is 4.11. The summed E-state index contributed by atoms with van der Waals surface area (Å²) in [5.41, 5.74) is 5.89. The van der Waals surface area contributed by atoms with E-state index in [1.165, 1.54) is 24.3 Å². The van der Waals surface area contributed by atoms with Gasteiger partial charge in [-0.1, -0.05) is 0 Å². The molecule has 0 radical (unpaired) electrons. The molecule has 1 fully saturated rings. The summed E-state index contributed by atoms with van der Waals surface area (Å²) < 4.78 is 32.5. The van der Waals surface area contributed by atoms with Gasteiger partial charge in [0.25, 0.3) is 5.56 Å². The van der Waals surface area contributed by atoms with Crippen molar-refractivity contribution < 1.29 is 8.78 Å². The summed E-state index contributed by atoms with van der Waals surface area (Å²) in [7, 11) is 0. The van der Waals surface area contributed by atoms with Crippen molar-refractivity contribution in [2.24, 2.45) is 5.73 Å². The van der Waals surface area contributed by atoms with E-state index in [-0.39, 0.29) is 34.1 Å². The number of rotatable bonds is 2. The first kappa shape index (κ1) is 18.1. The van der Waals surface area contributed by atoms with Gasteiger partial charge in [0.2, 0.25) is 5.43 Å². The van der Waals surface area contributed by atoms with Crippen LogP contribution in [0.5, 0.6) is 0 Å². The lowest BCUT2D eigenvalue weighted by atomic mass is 10.0. The molecule has 0 aliphatic heterocycles. The van der Waals surface area contributed by atoms with Crippen LogP contribution in [0.15, 0.2) is 39.9 Å². The second kappa shape index (κ2) is 6.57. The number of nitrogens with zero attached hydrogens (tertiary/aromatic N) is 2. The third kappa shape index (κ3) is 2.80. The van der Waals surface area contributed by atoms with Crippen molar-refractivity contribution in [2.75, 3.05) is 0 Å². The Hall–Kier alpha value is -2.91. The summed E-state index contributed by atoms with van der Waals surface area (Å²) in [4.78, 5) is 30.1. The van der Waals surface area contributed by atoms with E-state index in [0.717, 1.165) is 30.4 Å². The van der Waals surface area contributed by atoms with Gasteiger partial charge in [-0.05, 0) is 61.1 Å². The Morgan fingerprint density at radius 1 is 1.17 bits per heavy atom. The largest absolute Gasteiger partial charge is 0.328 e. The highest BCUT2D eigenvalue weighted by Crippen LogP contribution is 2.35. The first-order valence-corrected chi connectivity index (χ1v) is 10.0. The van der Waals surface area contributed by atoms with Crippen LogP contribution in [-0.4, -0.2) is 20.0 Å². The third-order valence-electron chi connectivity index (χ3n) is 5.50. The minimum atomic E-state index is -0.578. The monoisotopic (exact) mass is 414 g/mol. The molecule has 29 heavy (non-hydrogen) atoms. The fourth-order valence-corrected chi connectivity index (χ4v) is 4.96.